The molecule has 0 atom stereocenters. The molecule has 0 spiro atoms. The number of fused-ring (bicyclic) bond motifs is 4. The second-order valence-electron chi connectivity index (χ2n) is 7.42. The van der Waals surface area contributed by atoms with Crippen molar-refractivity contribution in [3.05, 3.63) is 96.1 Å². The van der Waals surface area contributed by atoms with Gasteiger partial charge in [0.05, 0.1) is 9.52 Å². The monoisotopic (exact) mass is 410 g/mol. The van der Waals surface area contributed by atoms with Gasteiger partial charge in [-0.2, -0.15) is 0 Å². The molecule has 0 aliphatic carbocycles. The van der Waals surface area contributed by atoms with Gasteiger partial charge in [0.1, 0.15) is 0 Å². The van der Waals surface area contributed by atoms with Crippen molar-refractivity contribution in [2.45, 2.75) is 26.0 Å². The van der Waals surface area contributed by atoms with Crippen LogP contribution in [0.5, 0.6) is 0 Å². The Morgan fingerprint density at radius 1 is 0.536 bits per heavy atom. The molecule has 28 heavy (non-hydrogen) atoms. The van der Waals surface area contributed by atoms with Crippen molar-refractivity contribution >= 4 is 43.4 Å². The second-order valence-corrected chi connectivity index (χ2v) is 11.5. The van der Waals surface area contributed by atoms with Crippen LogP contribution in [0.25, 0.3) is 11.1 Å². The fraction of sp³-hybridized carbons (Fsp3) is 0.0400. The molecule has 3 heteroatoms. The van der Waals surface area contributed by atoms with E-state index in [1.807, 2.05) is 23.5 Å². The smallest absolute Gasteiger partial charge is 0.0904 e. The van der Waals surface area contributed by atoms with Gasteiger partial charge in [-0.05, 0) is 69.4 Å². The molecule has 0 unspecified atom stereocenters. The van der Waals surface area contributed by atoms with Crippen molar-refractivity contribution in [2.24, 2.45) is 0 Å². The van der Waals surface area contributed by atoms with Crippen molar-refractivity contribution in [1.29, 1.82) is 0 Å². The Bertz CT molecular complexity index is 1130. The molecule has 0 saturated carbocycles. The summed E-state index contributed by atoms with van der Waals surface area (Å²) < 4.78 is 0. The van der Waals surface area contributed by atoms with Crippen LogP contribution in [0, 0.1) is 0 Å². The zero-order valence-corrected chi connectivity index (χ0v) is 18.4. The maximum atomic E-state index is 2.45. The predicted octanol–water partition coefficient (Wildman–Crippen LogP) is 4.99. The fourth-order valence-corrected chi connectivity index (χ4v) is 8.54. The molecule has 0 nitrogen and oxygen atoms in total. The Hall–Kier alpha value is -2.20. The molecule has 0 N–H and O–H groups in total. The largest absolute Gasteiger partial charge is 0.0904 e. The Balaban J connectivity index is 1.36. The molecule has 4 aromatic carbocycles. The molecule has 2 aliphatic heterocycles. The third kappa shape index (κ3) is 2.86. The second kappa shape index (κ2) is 6.70. The number of rotatable bonds is 1. The lowest BCUT2D eigenvalue weighted by molar-refractivity contribution is 1.06. The summed E-state index contributed by atoms with van der Waals surface area (Å²) >= 11 is 3.84. The van der Waals surface area contributed by atoms with E-state index in [0.29, 0.717) is 0 Å². The Labute approximate surface area is 176 Å². The molecule has 6 rings (SSSR count). The molecule has 134 valence electrons. The number of benzene rings is 4. The summed E-state index contributed by atoms with van der Waals surface area (Å²) in [4.78, 5) is 5.72. The first-order chi connectivity index (χ1) is 13.8. The zero-order chi connectivity index (χ0) is 18.5. The predicted molar refractivity (Wildman–Crippen MR) is 124 cm³/mol. The van der Waals surface area contributed by atoms with E-state index < -0.39 is 9.52 Å². The normalized spacial score (nSPS) is 14.7. The van der Waals surface area contributed by atoms with Gasteiger partial charge in [0.15, 0.2) is 0 Å². The third-order valence-electron chi connectivity index (χ3n) is 5.60. The van der Waals surface area contributed by atoms with E-state index in [1.54, 1.807) is 10.4 Å². The summed E-state index contributed by atoms with van der Waals surface area (Å²) in [6, 6.07) is 31.8. The highest BCUT2D eigenvalue weighted by atomic mass is 32.2. The average Bonchev–Trinajstić information content (AvgIpc) is 2.75. The lowest BCUT2D eigenvalue weighted by Crippen LogP contribution is -2.33. The summed E-state index contributed by atoms with van der Waals surface area (Å²) in [5.74, 6) is 0. The fourth-order valence-electron chi connectivity index (χ4n) is 4.14. The average molecular weight is 411 g/mol. The molecule has 0 bridgehead atoms. The highest BCUT2D eigenvalue weighted by Gasteiger charge is 2.18. The maximum absolute atomic E-state index is 2.45. The van der Waals surface area contributed by atoms with Gasteiger partial charge in [-0.15, -0.1) is 0 Å². The summed E-state index contributed by atoms with van der Waals surface area (Å²) in [7, 11) is -0.401. The van der Waals surface area contributed by atoms with E-state index in [4.69, 9.17) is 0 Å². The lowest BCUT2D eigenvalue weighted by atomic mass is 9.98. The molecule has 0 fully saturated rings. The van der Waals surface area contributed by atoms with Gasteiger partial charge in [-0.25, -0.2) is 0 Å². The third-order valence-corrected chi connectivity index (χ3v) is 10.5. The summed E-state index contributed by atoms with van der Waals surface area (Å²) in [6.07, 6.45) is 1.04. The topological polar surface area (TPSA) is 0 Å². The molecule has 2 aliphatic rings. The molecule has 0 aromatic heterocycles. The van der Waals surface area contributed by atoms with Crippen LogP contribution in [0.2, 0.25) is 0 Å². The first-order valence-electron chi connectivity index (χ1n) is 9.61. The molecular weight excluding hydrogens is 392 g/mol. The SMILES string of the molecule is c1ccc2c(c1)Cc1cc(-c3ccc4c(c3)[SiH2]c3ccccc3S4)ccc1S2. The first-order valence-corrected chi connectivity index (χ1v) is 12.7. The van der Waals surface area contributed by atoms with Crippen LogP contribution in [-0.2, 0) is 6.42 Å². The van der Waals surface area contributed by atoms with Crippen molar-refractivity contribution in [3.8, 4) is 11.1 Å². The van der Waals surface area contributed by atoms with Gasteiger partial charge in [0.2, 0.25) is 0 Å². The van der Waals surface area contributed by atoms with Gasteiger partial charge in [-0.1, -0.05) is 78.1 Å². The Morgan fingerprint density at radius 2 is 1.18 bits per heavy atom. The van der Waals surface area contributed by atoms with Crippen LogP contribution in [0.15, 0.2) is 105 Å². The summed E-state index contributed by atoms with van der Waals surface area (Å²) in [5.41, 5.74) is 5.61. The maximum Gasteiger partial charge on any atom is 0.0904 e. The van der Waals surface area contributed by atoms with Crippen molar-refractivity contribution in [2.75, 3.05) is 0 Å². The summed E-state index contributed by atoms with van der Waals surface area (Å²) in [5, 5.41) is 3.16. The zero-order valence-electron chi connectivity index (χ0n) is 15.3. The van der Waals surface area contributed by atoms with Crippen LogP contribution in [0.1, 0.15) is 11.1 Å². The molecule has 0 radical (unpaired) electrons. The van der Waals surface area contributed by atoms with Crippen LogP contribution in [0.4, 0.5) is 0 Å². The molecule has 4 aromatic rings. The minimum Gasteiger partial charge on any atom is -0.0904 e. The van der Waals surface area contributed by atoms with Crippen LogP contribution < -0.4 is 10.4 Å². The van der Waals surface area contributed by atoms with E-state index >= 15 is 0 Å². The minimum atomic E-state index is -0.401. The molecule has 2 heterocycles. The Morgan fingerprint density at radius 3 is 2.11 bits per heavy atom. The van der Waals surface area contributed by atoms with Gasteiger partial charge in [0.25, 0.3) is 0 Å². The summed E-state index contributed by atoms with van der Waals surface area (Å²) in [6.45, 7) is 0. The lowest BCUT2D eigenvalue weighted by Gasteiger charge is -2.21. The van der Waals surface area contributed by atoms with Crippen LogP contribution in [0.3, 0.4) is 0 Å². The van der Waals surface area contributed by atoms with Crippen molar-refractivity contribution < 1.29 is 0 Å². The minimum absolute atomic E-state index is 0.401. The quantitative estimate of drug-likeness (QED) is 0.350. The Kier molecular flexibility index (Phi) is 4.00. The van der Waals surface area contributed by atoms with Crippen LogP contribution >= 0.6 is 23.5 Å². The standard InChI is InChI=1S/C25H18S2Si/c1-2-6-20-18(5-1)14-19-13-16(9-11-21(19)26-20)17-10-12-23-25(15-17)28-24-8-4-3-7-22(24)27-23/h1-13,15H,14,28H2. The first kappa shape index (κ1) is 16.7. The highest BCUT2D eigenvalue weighted by molar-refractivity contribution is 8.00. The van der Waals surface area contributed by atoms with Crippen molar-refractivity contribution in [3.63, 3.8) is 0 Å². The molecule has 0 amide bonds. The molecule has 0 saturated heterocycles. The van der Waals surface area contributed by atoms with Gasteiger partial charge < -0.3 is 0 Å². The number of hydrogen-bond donors (Lipinski definition) is 0. The van der Waals surface area contributed by atoms with Crippen LogP contribution in [-0.4, -0.2) is 9.52 Å². The van der Waals surface area contributed by atoms with Gasteiger partial charge in [0, 0.05) is 19.6 Å². The highest BCUT2D eigenvalue weighted by Crippen LogP contribution is 2.41. The van der Waals surface area contributed by atoms with E-state index in [9.17, 15) is 0 Å². The van der Waals surface area contributed by atoms with Gasteiger partial charge in [-0.3, -0.25) is 0 Å². The van der Waals surface area contributed by atoms with Crippen molar-refractivity contribution in [1.82, 2.24) is 0 Å². The van der Waals surface area contributed by atoms with E-state index in [2.05, 4.69) is 84.9 Å². The van der Waals surface area contributed by atoms with E-state index in [1.165, 1.54) is 41.8 Å². The molecular formula is C25H18S2Si. The number of hydrogen-bond acceptors (Lipinski definition) is 2. The van der Waals surface area contributed by atoms with Gasteiger partial charge >= 0.3 is 0 Å². The van der Waals surface area contributed by atoms with E-state index in [0.717, 1.165) is 6.42 Å². The van der Waals surface area contributed by atoms with E-state index in [-0.39, 0.29) is 0 Å².